The van der Waals surface area contributed by atoms with Crippen molar-refractivity contribution in [3.8, 4) is 0 Å². The van der Waals surface area contributed by atoms with Gasteiger partial charge in [-0.25, -0.2) is 10.8 Å². The maximum Gasteiger partial charge on any atom is 0.294 e. The minimum Gasteiger partial charge on any atom is -0.307 e. The molecular weight excluding hydrogens is 192 g/mol. The Morgan fingerprint density at radius 1 is 1.69 bits per heavy atom. The molecule has 0 aliphatic carbocycles. The number of rotatable bonds is 2. The van der Waals surface area contributed by atoms with Gasteiger partial charge in [-0.15, -0.1) is 0 Å². The van der Waals surface area contributed by atoms with Crippen LogP contribution in [0, 0.1) is 0 Å². The molecule has 0 saturated carbocycles. The predicted octanol–water partition coefficient (Wildman–Crippen LogP) is 0.763. The monoisotopic (exact) mass is 202 g/mol. The largest absolute Gasteiger partial charge is 0.307 e. The molecule has 0 unspecified atom stereocenters. The van der Waals surface area contributed by atoms with E-state index in [1.807, 2.05) is 13.8 Å². The zero-order valence-corrected chi connectivity index (χ0v) is 8.17. The first-order valence-corrected chi connectivity index (χ1v) is 4.19. The molecule has 3 N–H and O–H groups in total. The molecular formula is C7H11ClN4O. The highest BCUT2D eigenvalue weighted by molar-refractivity contribution is 6.29. The second-order valence-corrected chi connectivity index (χ2v) is 3.25. The Labute approximate surface area is 80.5 Å². The van der Waals surface area contributed by atoms with Gasteiger partial charge in [-0.2, -0.15) is 0 Å². The normalized spacial score (nSPS) is 10.5. The van der Waals surface area contributed by atoms with Crippen molar-refractivity contribution in [2.75, 3.05) is 5.43 Å². The van der Waals surface area contributed by atoms with Crippen molar-refractivity contribution in [3.05, 3.63) is 21.7 Å². The standard InChI is InChI=1S/C7H11ClN4O/c1-4(2)12-3-5(8)10-6(11-9)7(12)13/h3-4H,9H2,1-2H3,(H,10,11). The Bertz CT molecular complexity index is 360. The molecule has 1 rings (SSSR count). The number of anilines is 1. The molecule has 0 aliphatic rings. The molecule has 0 aliphatic heterocycles. The minimum atomic E-state index is -0.276. The SMILES string of the molecule is CC(C)n1cc(Cl)nc(NN)c1=O. The highest BCUT2D eigenvalue weighted by Crippen LogP contribution is 2.08. The van der Waals surface area contributed by atoms with Gasteiger partial charge in [0.25, 0.3) is 5.56 Å². The van der Waals surface area contributed by atoms with E-state index in [4.69, 9.17) is 17.4 Å². The molecule has 13 heavy (non-hydrogen) atoms. The lowest BCUT2D eigenvalue weighted by molar-refractivity contribution is 0.575. The van der Waals surface area contributed by atoms with Crippen LogP contribution in [0.25, 0.3) is 0 Å². The van der Waals surface area contributed by atoms with Gasteiger partial charge in [0.05, 0.1) is 0 Å². The number of hydrogen-bond acceptors (Lipinski definition) is 4. The molecule has 0 radical (unpaired) electrons. The van der Waals surface area contributed by atoms with Crippen molar-refractivity contribution in [2.45, 2.75) is 19.9 Å². The van der Waals surface area contributed by atoms with Crippen LogP contribution < -0.4 is 16.8 Å². The van der Waals surface area contributed by atoms with Crippen molar-refractivity contribution in [2.24, 2.45) is 5.84 Å². The Balaban J connectivity index is 3.36. The van der Waals surface area contributed by atoms with Gasteiger partial charge >= 0.3 is 0 Å². The van der Waals surface area contributed by atoms with Crippen molar-refractivity contribution in [3.63, 3.8) is 0 Å². The summed E-state index contributed by atoms with van der Waals surface area (Å²) in [7, 11) is 0. The fraction of sp³-hybridized carbons (Fsp3) is 0.429. The van der Waals surface area contributed by atoms with Crippen LogP contribution in [0.2, 0.25) is 5.15 Å². The molecule has 0 spiro atoms. The van der Waals surface area contributed by atoms with Crippen LogP contribution in [0.4, 0.5) is 5.82 Å². The number of hydrogen-bond donors (Lipinski definition) is 2. The molecule has 1 aromatic heterocycles. The van der Waals surface area contributed by atoms with E-state index >= 15 is 0 Å². The van der Waals surface area contributed by atoms with E-state index in [-0.39, 0.29) is 22.6 Å². The zero-order chi connectivity index (χ0) is 10.0. The molecule has 0 aromatic carbocycles. The van der Waals surface area contributed by atoms with Crippen molar-refractivity contribution in [1.82, 2.24) is 9.55 Å². The first-order chi connectivity index (χ1) is 6.06. The van der Waals surface area contributed by atoms with Gasteiger partial charge in [0, 0.05) is 12.2 Å². The van der Waals surface area contributed by atoms with E-state index in [0.29, 0.717) is 0 Å². The number of hydrazine groups is 1. The first kappa shape index (κ1) is 10.0. The van der Waals surface area contributed by atoms with Crippen LogP contribution in [0.1, 0.15) is 19.9 Å². The first-order valence-electron chi connectivity index (χ1n) is 3.81. The summed E-state index contributed by atoms with van der Waals surface area (Å²) in [6.45, 7) is 3.75. The molecule has 1 aromatic rings. The summed E-state index contributed by atoms with van der Waals surface area (Å²) in [6.07, 6.45) is 1.48. The van der Waals surface area contributed by atoms with E-state index in [1.54, 1.807) is 0 Å². The Hall–Kier alpha value is -1.07. The van der Waals surface area contributed by atoms with Crippen molar-refractivity contribution in [1.29, 1.82) is 0 Å². The Morgan fingerprint density at radius 3 is 2.77 bits per heavy atom. The number of aromatic nitrogens is 2. The summed E-state index contributed by atoms with van der Waals surface area (Å²) >= 11 is 5.68. The third-order valence-electron chi connectivity index (χ3n) is 1.59. The molecule has 0 fully saturated rings. The van der Waals surface area contributed by atoms with Gasteiger partial charge in [0.15, 0.2) is 0 Å². The van der Waals surface area contributed by atoms with Gasteiger partial charge in [0.1, 0.15) is 5.15 Å². The maximum absolute atomic E-state index is 11.5. The number of nitrogen functional groups attached to an aromatic ring is 1. The predicted molar refractivity (Wildman–Crippen MR) is 51.7 cm³/mol. The topological polar surface area (TPSA) is 72.9 Å². The molecule has 1 heterocycles. The lowest BCUT2D eigenvalue weighted by Gasteiger charge is -2.10. The average molecular weight is 203 g/mol. The molecule has 0 bridgehead atoms. The van der Waals surface area contributed by atoms with Gasteiger partial charge in [-0.05, 0) is 13.8 Å². The maximum atomic E-state index is 11.5. The van der Waals surface area contributed by atoms with Gasteiger partial charge < -0.3 is 9.99 Å². The summed E-state index contributed by atoms with van der Waals surface area (Å²) in [4.78, 5) is 15.2. The number of halogens is 1. The zero-order valence-electron chi connectivity index (χ0n) is 7.41. The Morgan fingerprint density at radius 2 is 2.31 bits per heavy atom. The molecule has 72 valence electrons. The van der Waals surface area contributed by atoms with Crippen LogP contribution in [0.5, 0.6) is 0 Å². The fourth-order valence-corrected chi connectivity index (χ4v) is 1.15. The minimum absolute atomic E-state index is 0.0279. The van der Waals surface area contributed by atoms with Crippen LogP contribution in [-0.4, -0.2) is 9.55 Å². The third kappa shape index (κ3) is 1.99. The van der Waals surface area contributed by atoms with Crippen LogP contribution in [0.15, 0.2) is 11.0 Å². The number of nitrogens with zero attached hydrogens (tertiary/aromatic N) is 2. The third-order valence-corrected chi connectivity index (χ3v) is 1.78. The fourth-order valence-electron chi connectivity index (χ4n) is 0.957. The highest BCUT2D eigenvalue weighted by atomic mass is 35.5. The molecule has 5 nitrogen and oxygen atoms in total. The summed E-state index contributed by atoms with van der Waals surface area (Å²) < 4.78 is 1.46. The summed E-state index contributed by atoms with van der Waals surface area (Å²) in [6, 6.07) is 0.0279. The smallest absolute Gasteiger partial charge is 0.294 e. The van der Waals surface area contributed by atoms with E-state index < -0.39 is 0 Å². The van der Waals surface area contributed by atoms with Crippen LogP contribution in [0.3, 0.4) is 0 Å². The summed E-state index contributed by atoms with van der Waals surface area (Å²) in [5, 5.41) is 0.237. The lowest BCUT2D eigenvalue weighted by atomic mass is 10.4. The number of nitrogens with two attached hydrogens (primary N) is 1. The second-order valence-electron chi connectivity index (χ2n) is 2.86. The van der Waals surface area contributed by atoms with E-state index in [1.165, 1.54) is 10.8 Å². The number of nitrogens with one attached hydrogen (secondary N) is 1. The van der Waals surface area contributed by atoms with E-state index in [0.717, 1.165) is 0 Å². The summed E-state index contributed by atoms with van der Waals surface area (Å²) in [5.74, 6) is 5.16. The molecule has 6 heteroatoms. The van der Waals surface area contributed by atoms with Gasteiger partial charge in [-0.1, -0.05) is 11.6 Å². The lowest BCUT2D eigenvalue weighted by Crippen LogP contribution is -2.28. The molecule has 0 atom stereocenters. The van der Waals surface area contributed by atoms with Crippen LogP contribution >= 0.6 is 11.6 Å². The van der Waals surface area contributed by atoms with Crippen molar-refractivity contribution >= 4 is 17.4 Å². The molecule has 0 saturated heterocycles. The second kappa shape index (κ2) is 3.76. The van der Waals surface area contributed by atoms with Gasteiger partial charge in [-0.3, -0.25) is 4.79 Å². The Kier molecular flexibility index (Phi) is 2.90. The highest BCUT2D eigenvalue weighted by Gasteiger charge is 2.08. The van der Waals surface area contributed by atoms with Crippen molar-refractivity contribution < 1.29 is 0 Å². The molecule has 0 amide bonds. The van der Waals surface area contributed by atoms with E-state index in [9.17, 15) is 4.79 Å². The van der Waals surface area contributed by atoms with Gasteiger partial charge in [0.2, 0.25) is 5.82 Å². The van der Waals surface area contributed by atoms with E-state index in [2.05, 4.69) is 10.4 Å². The quantitative estimate of drug-likeness (QED) is 0.549. The van der Waals surface area contributed by atoms with Crippen LogP contribution in [-0.2, 0) is 0 Å². The summed E-state index contributed by atoms with van der Waals surface area (Å²) in [5.41, 5.74) is 1.93. The average Bonchev–Trinajstić information content (AvgIpc) is 2.08.